The van der Waals surface area contributed by atoms with E-state index in [9.17, 15) is 0 Å². The van der Waals surface area contributed by atoms with Crippen molar-refractivity contribution in [2.45, 2.75) is 13.0 Å². The number of halogens is 1. The normalized spacial score (nSPS) is 12.1. The summed E-state index contributed by atoms with van der Waals surface area (Å²) in [6.07, 6.45) is 0. The van der Waals surface area contributed by atoms with E-state index >= 15 is 0 Å². The Kier molecular flexibility index (Phi) is 3.55. The Bertz CT molecular complexity index is 497. The van der Waals surface area contributed by atoms with Crippen LogP contribution in [0.3, 0.4) is 0 Å². The van der Waals surface area contributed by atoms with E-state index in [2.05, 4.69) is 24.4 Å². The van der Waals surface area contributed by atoms with Crippen molar-refractivity contribution in [2.24, 2.45) is 0 Å². The highest BCUT2D eigenvalue weighted by atomic mass is 35.5. The van der Waals surface area contributed by atoms with Crippen molar-refractivity contribution >= 4 is 23.0 Å². The monoisotopic (exact) mass is 246 g/mol. The average molecular weight is 247 g/mol. The summed E-state index contributed by atoms with van der Waals surface area (Å²) < 4.78 is 0. The molecule has 0 amide bonds. The van der Waals surface area contributed by atoms with Crippen LogP contribution in [-0.4, -0.2) is 0 Å². The third kappa shape index (κ3) is 2.92. The van der Waals surface area contributed by atoms with Crippen LogP contribution >= 0.6 is 11.6 Å². The molecule has 0 aromatic heterocycles. The maximum absolute atomic E-state index is 6.12. The molecule has 0 aliphatic carbocycles. The lowest BCUT2D eigenvalue weighted by atomic mass is 10.1. The summed E-state index contributed by atoms with van der Waals surface area (Å²) in [5.74, 6) is 0. The summed E-state index contributed by atoms with van der Waals surface area (Å²) in [4.78, 5) is 0. The topological polar surface area (TPSA) is 38.0 Å². The maximum Gasteiger partial charge on any atom is 0.0658 e. The van der Waals surface area contributed by atoms with Crippen LogP contribution in [0.25, 0.3) is 0 Å². The van der Waals surface area contributed by atoms with Crippen LogP contribution in [0.5, 0.6) is 0 Å². The molecule has 2 aromatic rings. The number of hydrogen-bond donors (Lipinski definition) is 2. The molecular formula is C14H15ClN2. The second-order valence-corrected chi connectivity index (χ2v) is 4.42. The molecule has 0 aliphatic rings. The van der Waals surface area contributed by atoms with Crippen LogP contribution in [0.4, 0.5) is 11.4 Å². The molecule has 1 unspecified atom stereocenters. The molecule has 1 atom stereocenters. The molecule has 0 aliphatic heterocycles. The van der Waals surface area contributed by atoms with Gasteiger partial charge in [-0.1, -0.05) is 41.9 Å². The SMILES string of the molecule is CC(Nc1ccc(N)cc1Cl)c1ccccc1. The smallest absolute Gasteiger partial charge is 0.0658 e. The molecule has 0 fully saturated rings. The van der Waals surface area contributed by atoms with Gasteiger partial charge >= 0.3 is 0 Å². The van der Waals surface area contributed by atoms with E-state index in [4.69, 9.17) is 17.3 Å². The van der Waals surface area contributed by atoms with Crippen molar-refractivity contribution in [1.82, 2.24) is 0 Å². The minimum absolute atomic E-state index is 0.206. The van der Waals surface area contributed by atoms with Crippen LogP contribution in [0.15, 0.2) is 48.5 Å². The number of nitrogens with one attached hydrogen (secondary N) is 1. The molecule has 0 bridgehead atoms. The van der Waals surface area contributed by atoms with Gasteiger partial charge in [-0.15, -0.1) is 0 Å². The van der Waals surface area contributed by atoms with E-state index in [1.54, 1.807) is 6.07 Å². The Balaban J connectivity index is 2.16. The van der Waals surface area contributed by atoms with Crippen molar-refractivity contribution in [3.8, 4) is 0 Å². The number of benzene rings is 2. The minimum Gasteiger partial charge on any atom is -0.399 e. The first kappa shape index (κ1) is 11.8. The summed E-state index contributed by atoms with van der Waals surface area (Å²) in [6.45, 7) is 2.10. The zero-order chi connectivity index (χ0) is 12.3. The summed E-state index contributed by atoms with van der Waals surface area (Å²) in [7, 11) is 0. The molecule has 17 heavy (non-hydrogen) atoms. The number of anilines is 2. The van der Waals surface area contributed by atoms with Crippen LogP contribution in [0, 0.1) is 0 Å². The number of nitrogens with two attached hydrogens (primary N) is 1. The highest BCUT2D eigenvalue weighted by molar-refractivity contribution is 6.33. The Morgan fingerprint density at radius 3 is 2.47 bits per heavy atom. The summed E-state index contributed by atoms with van der Waals surface area (Å²) in [6, 6.07) is 15.9. The predicted molar refractivity (Wildman–Crippen MR) is 74.3 cm³/mol. The van der Waals surface area contributed by atoms with Crippen molar-refractivity contribution in [3.05, 3.63) is 59.1 Å². The fourth-order valence-corrected chi connectivity index (χ4v) is 1.95. The first-order chi connectivity index (χ1) is 8.16. The zero-order valence-corrected chi connectivity index (χ0v) is 10.4. The van der Waals surface area contributed by atoms with Gasteiger partial charge < -0.3 is 11.1 Å². The van der Waals surface area contributed by atoms with Crippen LogP contribution < -0.4 is 11.1 Å². The number of hydrogen-bond acceptors (Lipinski definition) is 2. The molecule has 0 spiro atoms. The Morgan fingerprint density at radius 1 is 1.12 bits per heavy atom. The summed E-state index contributed by atoms with van der Waals surface area (Å²) in [5.41, 5.74) is 8.45. The lowest BCUT2D eigenvalue weighted by Gasteiger charge is -2.16. The highest BCUT2D eigenvalue weighted by Crippen LogP contribution is 2.27. The van der Waals surface area contributed by atoms with Crippen LogP contribution in [0.2, 0.25) is 5.02 Å². The summed E-state index contributed by atoms with van der Waals surface area (Å²) >= 11 is 6.12. The van der Waals surface area contributed by atoms with Gasteiger partial charge in [-0.2, -0.15) is 0 Å². The van der Waals surface area contributed by atoms with E-state index in [0.717, 1.165) is 5.69 Å². The fourth-order valence-electron chi connectivity index (χ4n) is 1.71. The van der Waals surface area contributed by atoms with Gasteiger partial charge in [0.1, 0.15) is 0 Å². The number of rotatable bonds is 3. The largest absolute Gasteiger partial charge is 0.399 e. The lowest BCUT2D eigenvalue weighted by molar-refractivity contribution is 0.885. The average Bonchev–Trinajstić information content (AvgIpc) is 2.34. The van der Waals surface area contributed by atoms with Gasteiger partial charge in [0.25, 0.3) is 0 Å². The van der Waals surface area contributed by atoms with Gasteiger partial charge in [-0.3, -0.25) is 0 Å². The van der Waals surface area contributed by atoms with Gasteiger partial charge in [0.15, 0.2) is 0 Å². The standard InChI is InChI=1S/C14H15ClN2/c1-10(11-5-3-2-4-6-11)17-14-8-7-12(16)9-13(14)15/h2-10,17H,16H2,1H3. The molecule has 3 heteroatoms. The molecule has 3 N–H and O–H groups in total. The summed E-state index contributed by atoms with van der Waals surface area (Å²) in [5, 5.41) is 4.01. The van der Waals surface area contributed by atoms with Crippen LogP contribution in [0.1, 0.15) is 18.5 Å². The van der Waals surface area contributed by atoms with Crippen molar-refractivity contribution in [3.63, 3.8) is 0 Å². The fraction of sp³-hybridized carbons (Fsp3) is 0.143. The van der Waals surface area contributed by atoms with E-state index in [0.29, 0.717) is 10.7 Å². The van der Waals surface area contributed by atoms with E-state index < -0.39 is 0 Å². The van der Waals surface area contributed by atoms with Crippen molar-refractivity contribution in [1.29, 1.82) is 0 Å². The molecule has 2 nitrogen and oxygen atoms in total. The Labute approximate surface area is 106 Å². The molecule has 2 aromatic carbocycles. The van der Waals surface area contributed by atoms with Gasteiger partial charge in [0.2, 0.25) is 0 Å². The molecular weight excluding hydrogens is 232 g/mol. The predicted octanol–water partition coefficient (Wildman–Crippen LogP) is 4.10. The van der Waals surface area contributed by atoms with E-state index in [1.807, 2.05) is 30.3 Å². The first-order valence-corrected chi connectivity index (χ1v) is 5.91. The van der Waals surface area contributed by atoms with E-state index in [1.165, 1.54) is 5.56 Å². The Hall–Kier alpha value is -1.67. The minimum atomic E-state index is 0.206. The lowest BCUT2D eigenvalue weighted by Crippen LogP contribution is -2.06. The van der Waals surface area contributed by atoms with Crippen molar-refractivity contribution in [2.75, 3.05) is 11.1 Å². The second kappa shape index (κ2) is 5.11. The molecule has 0 radical (unpaired) electrons. The molecule has 0 saturated carbocycles. The molecule has 0 heterocycles. The van der Waals surface area contributed by atoms with Gasteiger partial charge in [0, 0.05) is 11.7 Å². The quantitative estimate of drug-likeness (QED) is 0.801. The number of nitrogen functional groups attached to an aromatic ring is 1. The molecule has 2 rings (SSSR count). The van der Waals surface area contributed by atoms with E-state index in [-0.39, 0.29) is 6.04 Å². The van der Waals surface area contributed by atoms with Crippen LogP contribution in [-0.2, 0) is 0 Å². The first-order valence-electron chi connectivity index (χ1n) is 5.53. The van der Waals surface area contributed by atoms with Gasteiger partial charge in [-0.25, -0.2) is 0 Å². The molecule has 0 saturated heterocycles. The highest BCUT2D eigenvalue weighted by Gasteiger charge is 2.07. The molecule has 88 valence electrons. The van der Waals surface area contributed by atoms with Crippen molar-refractivity contribution < 1.29 is 0 Å². The maximum atomic E-state index is 6.12. The van der Waals surface area contributed by atoms with Gasteiger partial charge in [-0.05, 0) is 30.7 Å². The Morgan fingerprint density at radius 2 is 1.82 bits per heavy atom. The third-order valence-corrected chi connectivity index (χ3v) is 2.98. The second-order valence-electron chi connectivity index (χ2n) is 4.02. The third-order valence-electron chi connectivity index (χ3n) is 2.66. The van der Waals surface area contributed by atoms with Gasteiger partial charge in [0.05, 0.1) is 10.7 Å². The zero-order valence-electron chi connectivity index (χ0n) is 9.65.